The number of aromatic nitrogens is 1. The Morgan fingerprint density at radius 2 is 1.85 bits per heavy atom. The van der Waals surface area contributed by atoms with Crippen LogP contribution in [-0.4, -0.2) is 36.7 Å². The maximum atomic E-state index is 12.9. The normalized spacial score (nSPS) is 12.7. The van der Waals surface area contributed by atoms with E-state index in [4.69, 9.17) is 14.2 Å². The van der Waals surface area contributed by atoms with Crippen molar-refractivity contribution in [3.63, 3.8) is 0 Å². The van der Waals surface area contributed by atoms with E-state index >= 15 is 0 Å². The zero-order valence-corrected chi connectivity index (χ0v) is 14.9. The van der Waals surface area contributed by atoms with Crippen LogP contribution in [0, 0.1) is 0 Å². The molecule has 0 aliphatic carbocycles. The molecule has 0 unspecified atom stereocenters. The van der Waals surface area contributed by atoms with Gasteiger partial charge in [0.05, 0.1) is 18.2 Å². The fourth-order valence-corrected chi connectivity index (χ4v) is 3.10. The summed E-state index contributed by atoms with van der Waals surface area (Å²) in [7, 11) is 1.55. The van der Waals surface area contributed by atoms with E-state index in [-0.39, 0.29) is 11.8 Å². The van der Waals surface area contributed by atoms with Crippen molar-refractivity contribution in [3.05, 3.63) is 48.2 Å². The Hall–Kier alpha value is -3.48. The summed E-state index contributed by atoms with van der Waals surface area (Å²) in [5.41, 5.74) is 1.61. The number of carbonyl (C=O) groups excluding carboxylic acids is 2. The van der Waals surface area contributed by atoms with Gasteiger partial charge in [0, 0.05) is 30.3 Å². The predicted octanol–water partition coefficient (Wildman–Crippen LogP) is 3.33. The summed E-state index contributed by atoms with van der Waals surface area (Å²) < 4.78 is 17.7. The number of benzene rings is 2. The van der Waals surface area contributed by atoms with Crippen molar-refractivity contribution in [2.45, 2.75) is 6.92 Å². The van der Waals surface area contributed by atoms with Crippen molar-refractivity contribution in [1.82, 2.24) is 4.57 Å². The van der Waals surface area contributed by atoms with Crippen LogP contribution >= 0.6 is 0 Å². The summed E-state index contributed by atoms with van der Waals surface area (Å²) in [5.74, 6) is 1.34. The van der Waals surface area contributed by atoms with Gasteiger partial charge in [-0.3, -0.25) is 14.2 Å². The Kier molecular flexibility index (Phi) is 4.19. The summed E-state index contributed by atoms with van der Waals surface area (Å²) in [4.78, 5) is 24.8. The number of ether oxygens (including phenoxy) is 3. The highest BCUT2D eigenvalue weighted by Crippen LogP contribution is 2.33. The molecule has 4 rings (SSSR count). The molecule has 0 spiro atoms. The number of rotatable bonds is 3. The van der Waals surface area contributed by atoms with E-state index in [0.717, 1.165) is 0 Å². The van der Waals surface area contributed by atoms with E-state index in [1.807, 2.05) is 0 Å². The van der Waals surface area contributed by atoms with Crippen LogP contribution in [0.2, 0.25) is 0 Å². The molecule has 27 heavy (non-hydrogen) atoms. The number of nitrogens with zero attached hydrogens (tertiary/aromatic N) is 1. The second kappa shape index (κ2) is 6.68. The molecular formula is C20H18N2O5. The summed E-state index contributed by atoms with van der Waals surface area (Å²) in [6.45, 7) is 2.42. The van der Waals surface area contributed by atoms with Gasteiger partial charge in [-0.05, 0) is 30.3 Å². The third-order valence-corrected chi connectivity index (χ3v) is 4.40. The second-order valence-corrected chi connectivity index (χ2v) is 6.13. The Balaban J connectivity index is 1.71. The smallest absolute Gasteiger partial charge is 0.257 e. The predicted molar refractivity (Wildman–Crippen MR) is 100 cm³/mol. The lowest BCUT2D eigenvalue weighted by Crippen LogP contribution is -2.16. The van der Waals surface area contributed by atoms with E-state index in [0.29, 0.717) is 52.6 Å². The molecule has 7 nitrogen and oxygen atoms in total. The van der Waals surface area contributed by atoms with Gasteiger partial charge in [-0.15, -0.1) is 0 Å². The van der Waals surface area contributed by atoms with Crippen molar-refractivity contribution in [1.29, 1.82) is 0 Å². The van der Waals surface area contributed by atoms with E-state index in [2.05, 4.69) is 5.32 Å². The van der Waals surface area contributed by atoms with Gasteiger partial charge in [0.15, 0.2) is 11.5 Å². The van der Waals surface area contributed by atoms with Gasteiger partial charge < -0.3 is 19.5 Å². The average Bonchev–Trinajstić information content (AvgIpc) is 3.07. The lowest BCUT2D eigenvalue weighted by molar-refractivity contribution is 0.0941. The van der Waals surface area contributed by atoms with Crippen LogP contribution < -0.4 is 19.5 Å². The highest BCUT2D eigenvalue weighted by molar-refractivity contribution is 6.14. The molecule has 0 fully saturated rings. The molecule has 1 aromatic heterocycles. The van der Waals surface area contributed by atoms with E-state index < -0.39 is 0 Å². The van der Waals surface area contributed by atoms with Crippen LogP contribution in [0.4, 0.5) is 5.69 Å². The Morgan fingerprint density at radius 3 is 2.59 bits per heavy atom. The minimum atomic E-state index is -0.329. The lowest BCUT2D eigenvalue weighted by Gasteiger charge is -2.19. The first-order valence-electron chi connectivity index (χ1n) is 8.48. The van der Waals surface area contributed by atoms with Gasteiger partial charge >= 0.3 is 0 Å². The summed E-state index contributed by atoms with van der Waals surface area (Å²) >= 11 is 0. The van der Waals surface area contributed by atoms with Crippen molar-refractivity contribution in [2.24, 2.45) is 0 Å². The quantitative estimate of drug-likeness (QED) is 0.769. The van der Waals surface area contributed by atoms with E-state index in [1.54, 1.807) is 49.7 Å². The maximum Gasteiger partial charge on any atom is 0.257 e. The average molecular weight is 366 g/mol. The lowest BCUT2D eigenvalue weighted by atomic mass is 10.1. The van der Waals surface area contributed by atoms with E-state index in [9.17, 15) is 9.59 Å². The number of carbonyl (C=O) groups is 2. The molecule has 1 amide bonds. The first-order chi connectivity index (χ1) is 13.1. The summed E-state index contributed by atoms with van der Waals surface area (Å²) in [5, 5.41) is 3.49. The summed E-state index contributed by atoms with van der Waals surface area (Å²) in [6, 6.07) is 10.5. The minimum Gasteiger partial charge on any atom is -0.497 e. The van der Waals surface area contributed by atoms with Gasteiger partial charge in [-0.2, -0.15) is 0 Å². The molecule has 0 saturated heterocycles. The second-order valence-electron chi connectivity index (χ2n) is 6.13. The molecule has 3 aromatic rings. The third kappa shape index (κ3) is 3.08. The van der Waals surface area contributed by atoms with Crippen molar-refractivity contribution >= 4 is 28.4 Å². The van der Waals surface area contributed by atoms with E-state index in [1.165, 1.54) is 11.5 Å². The van der Waals surface area contributed by atoms with Gasteiger partial charge in [0.2, 0.25) is 5.91 Å². The molecule has 0 bridgehead atoms. The first kappa shape index (κ1) is 17.0. The Bertz CT molecular complexity index is 1050. The molecule has 138 valence electrons. The fraction of sp³-hybridized carbons (Fsp3) is 0.200. The molecule has 0 saturated carbocycles. The topological polar surface area (TPSA) is 78.8 Å². The number of hydrogen-bond acceptors (Lipinski definition) is 5. The van der Waals surface area contributed by atoms with Crippen LogP contribution in [0.5, 0.6) is 17.2 Å². The Labute approximate surface area is 155 Å². The minimum absolute atomic E-state index is 0.177. The molecule has 1 aliphatic heterocycles. The van der Waals surface area contributed by atoms with Crippen LogP contribution in [0.3, 0.4) is 0 Å². The molecule has 7 heteroatoms. The van der Waals surface area contributed by atoms with Gasteiger partial charge in [0.1, 0.15) is 19.0 Å². The van der Waals surface area contributed by atoms with Crippen LogP contribution in [0.1, 0.15) is 22.1 Å². The van der Waals surface area contributed by atoms with Crippen LogP contribution in [-0.2, 0) is 0 Å². The van der Waals surface area contributed by atoms with Crippen molar-refractivity contribution in [3.8, 4) is 17.2 Å². The number of amides is 1. The van der Waals surface area contributed by atoms with Gasteiger partial charge in [-0.1, -0.05) is 0 Å². The number of fused-ring (bicyclic) bond motifs is 2. The van der Waals surface area contributed by atoms with Gasteiger partial charge in [-0.25, -0.2) is 0 Å². The van der Waals surface area contributed by atoms with Crippen LogP contribution in [0.25, 0.3) is 10.9 Å². The third-order valence-electron chi connectivity index (χ3n) is 4.40. The summed E-state index contributed by atoms with van der Waals surface area (Å²) in [6.07, 6.45) is 1.54. The van der Waals surface area contributed by atoms with Gasteiger partial charge in [0.25, 0.3) is 5.91 Å². The molecule has 2 heterocycles. The molecule has 0 radical (unpaired) electrons. The molecule has 1 N–H and O–H groups in total. The first-order valence-corrected chi connectivity index (χ1v) is 8.48. The molecular weight excluding hydrogens is 348 g/mol. The molecule has 1 aliphatic rings. The molecule has 0 atom stereocenters. The highest BCUT2D eigenvalue weighted by Gasteiger charge is 2.19. The zero-order valence-electron chi connectivity index (χ0n) is 14.9. The monoisotopic (exact) mass is 366 g/mol. The molecule has 2 aromatic carbocycles. The SMILES string of the molecule is COc1ccc2c(c1)c(C(=O)Nc1ccc3c(c1)OCCO3)cn2C(C)=O. The van der Waals surface area contributed by atoms with Crippen molar-refractivity contribution < 1.29 is 23.8 Å². The standard InChI is InChI=1S/C20H18N2O5/c1-12(23)22-11-16(15-10-14(25-2)4-5-17(15)22)20(24)21-13-3-6-18-19(9-13)27-8-7-26-18/h3-6,9-11H,7-8H2,1-2H3,(H,21,24). The Morgan fingerprint density at radius 1 is 1.07 bits per heavy atom. The fourth-order valence-electron chi connectivity index (χ4n) is 3.10. The number of anilines is 1. The number of nitrogens with one attached hydrogen (secondary N) is 1. The maximum absolute atomic E-state index is 12.9. The van der Waals surface area contributed by atoms with Crippen LogP contribution in [0.15, 0.2) is 42.6 Å². The van der Waals surface area contributed by atoms with Crippen molar-refractivity contribution in [2.75, 3.05) is 25.6 Å². The zero-order chi connectivity index (χ0) is 19.0. The number of hydrogen-bond donors (Lipinski definition) is 1. The number of methoxy groups -OCH3 is 1. The largest absolute Gasteiger partial charge is 0.497 e. The highest BCUT2D eigenvalue weighted by atomic mass is 16.6.